The zero-order valence-corrected chi connectivity index (χ0v) is 11.2. The maximum Gasteiger partial charge on any atom is 0.306 e. The molecule has 0 unspecified atom stereocenters. The van der Waals surface area contributed by atoms with Gasteiger partial charge in [-0.05, 0) is 30.0 Å². The van der Waals surface area contributed by atoms with Crippen LogP contribution in [0.15, 0.2) is 48.7 Å². The second-order valence-corrected chi connectivity index (χ2v) is 4.82. The number of anilines is 1. The summed E-state index contributed by atoms with van der Waals surface area (Å²) in [4.78, 5) is 13.8. The highest BCUT2D eigenvalue weighted by Crippen LogP contribution is 2.28. The van der Waals surface area contributed by atoms with Gasteiger partial charge in [0, 0.05) is 12.6 Å². The minimum atomic E-state index is -0.630. The first-order chi connectivity index (χ1) is 9.66. The number of nitrogens with two attached hydrogens (primary N) is 1. The van der Waals surface area contributed by atoms with Crippen molar-refractivity contribution in [2.45, 2.75) is 19.3 Å². The molecule has 0 spiro atoms. The average Bonchev–Trinajstić information content (AvgIpc) is 3.28. The van der Waals surface area contributed by atoms with E-state index < -0.39 is 5.97 Å². The molecule has 104 valence electrons. The van der Waals surface area contributed by atoms with Crippen molar-refractivity contribution in [3.63, 3.8) is 0 Å². The summed E-state index contributed by atoms with van der Waals surface area (Å²) in [6.07, 6.45) is 4.36. The standard InChI is InChI=1S/C12H12N2.C4H6O2/c13-12-11(7-4-8-14-12)9-10-5-2-1-3-6-10;5-4(6)3-1-2-3/h1-8H,9H2,(H2,13,14);3H,1-2H2,(H,5,6). The van der Waals surface area contributed by atoms with Crippen LogP contribution in [0.1, 0.15) is 24.0 Å². The van der Waals surface area contributed by atoms with Gasteiger partial charge in [-0.3, -0.25) is 4.79 Å². The van der Waals surface area contributed by atoms with Crippen molar-refractivity contribution in [3.8, 4) is 0 Å². The van der Waals surface area contributed by atoms with Gasteiger partial charge in [0.25, 0.3) is 0 Å². The van der Waals surface area contributed by atoms with Crippen LogP contribution < -0.4 is 5.73 Å². The number of carbonyl (C=O) groups is 1. The molecular weight excluding hydrogens is 252 g/mol. The van der Waals surface area contributed by atoms with Gasteiger partial charge in [-0.25, -0.2) is 4.98 Å². The summed E-state index contributed by atoms with van der Waals surface area (Å²) in [6.45, 7) is 0. The third-order valence-corrected chi connectivity index (χ3v) is 3.09. The molecular formula is C16H18N2O2. The molecule has 0 atom stereocenters. The Balaban J connectivity index is 0.000000205. The summed E-state index contributed by atoms with van der Waals surface area (Å²) in [7, 11) is 0. The fourth-order valence-electron chi connectivity index (χ4n) is 1.75. The van der Waals surface area contributed by atoms with Gasteiger partial charge in [-0.15, -0.1) is 0 Å². The van der Waals surface area contributed by atoms with E-state index in [1.165, 1.54) is 5.56 Å². The minimum absolute atomic E-state index is 0.0185. The van der Waals surface area contributed by atoms with Gasteiger partial charge in [0.05, 0.1) is 5.92 Å². The molecule has 20 heavy (non-hydrogen) atoms. The molecule has 1 saturated carbocycles. The third-order valence-electron chi connectivity index (χ3n) is 3.09. The van der Waals surface area contributed by atoms with E-state index >= 15 is 0 Å². The molecule has 3 N–H and O–H groups in total. The van der Waals surface area contributed by atoms with Crippen molar-refractivity contribution >= 4 is 11.8 Å². The summed E-state index contributed by atoms with van der Waals surface area (Å²) < 4.78 is 0. The van der Waals surface area contributed by atoms with Gasteiger partial charge in [0.1, 0.15) is 5.82 Å². The zero-order valence-electron chi connectivity index (χ0n) is 11.2. The molecule has 4 heteroatoms. The van der Waals surface area contributed by atoms with Crippen molar-refractivity contribution in [2.24, 2.45) is 5.92 Å². The van der Waals surface area contributed by atoms with Crippen LogP contribution in [0.25, 0.3) is 0 Å². The molecule has 0 bridgehead atoms. The lowest BCUT2D eigenvalue weighted by Gasteiger charge is -2.03. The summed E-state index contributed by atoms with van der Waals surface area (Å²) in [6, 6.07) is 14.2. The van der Waals surface area contributed by atoms with E-state index in [0.29, 0.717) is 5.82 Å². The summed E-state index contributed by atoms with van der Waals surface area (Å²) in [5.74, 6) is 0.0105. The Labute approximate surface area is 118 Å². The number of hydrogen-bond acceptors (Lipinski definition) is 3. The highest BCUT2D eigenvalue weighted by molar-refractivity contribution is 5.72. The molecule has 0 amide bonds. The molecule has 1 aliphatic carbocycles. The van der Waals surface area contributed by atoms with Gasteiger partial charge >= 0.3 is 5.97 Å². The fraction of sp³-hybridized carbons (Fsp3) is 0.250. The van der Waals surface area contributed by atoms with E-state index in [9.17, 15) is 4.79 Å². The summed E-state index contributed by atoms with van der Waals surface area (Å²) >= 11 is 0. The van der Waals surface area contributed by atoms with Gasteiger partial charge in [-0.1, -0.05) is 36.4 Å². The largest absolute Gasteiger partial charge is 0.481 e. The molecule has 1 fully saturated rings. The predicted molar refractivity (Wildman–Crippen MR) is 78.3 cm³/mol. The number of hydrogen-bond donors (Lipinski definition) is 2. The first-order valence-corrected chi connectivity index (χ1v) is 6.63. The molecule has 0 aliphatic heterocycles. The van der Waals surface area contributed by atoms with Crippen molar-refractivity contribution in [1.29, 1.82) is 0 Å². The van der Waals surface area contributed by atoms with E-state index in [0.717, 1.165) is 24.8 Å². The Morgan fingerprint density at radius 2 is 1.90 bits per heavy atom. The normalized spacial score (nSPS) is 13.2. The second-order valence-electron chi connectivity index (χ2n) is 4.82. The maximum atomic E-state index is 9.76. The number of carboxylic acids is 1. The van der Waals surface area contributed by atoms with E-state index in [4.69, 9.17) is 10.8 Å². The second kappa shape index (κ2) is 6.70. The number of nitrogen functional groups attached to an aromatic ring is 1. The van der Waals surface area contributed by atoms with Crippen molar-refractivity contribution in [3.05, 3.63) is 59.8 Å². The molecule has 1 aromatic carbocycles. The summed E-state index contributed by atoms with van der Waals surface area (Å²) in [5.41, 5.74) is 8.10. The molecule has 1 aromatic heterocycles. The number of aliphatic carboxylic acids is 1. The van der Waals surface area contributed by atoms with Gasteiger partial charge in [0.2, 0.25) is 0 Å². The van der Waals surface area contributed by atoms with Crippen LogP contribution >= 0.6 is 0 Å². The van der Waals surface area contributed by atoms with E-state index in [-0.39, 0.29) is 5.92 Å². The molecule has 1 heterocycles. The Morgan fingerprint density at radius 1 is 1.20 bits per heavy atom. The minimum Gasteiger partial charge on any atom is -0.481 e. The predicted octanol–water partition coefficient (Wildman–Crippen LogP) is 2.74. The first kappa shape index (κ1) is 14.1. The lowest BCUT2D eigenvalue weighted by Crippen LogP contribution is -1.97. The van der Waals surface area contributed by atoms with Crippen LogP contribution in [-0.4, -0.2) is 16.1 Å². The number of nitrogens with zero attached hydrogens (tertiary/aromatic N) is 1. The molecule has 3 rings (SSSR count). The van der Waals surface area contributed by atoms with Crippen molar-refractivity contribution < 1.29 is 9.90 Å². The Kier molecular flexibility index (Phi) is 4.71. The molecule has 0 radical (unpaired) electrons. The van der Waals surface area contributed by atoms with E-state index in [1.54, 1.807) is 6.20 Å². The third kappa shape index (κ3) is 4.39. The SMILES string of the molecule is Nc1ncccc1Cc1ccccc1.O=C(O)C1CC1. The first-order valence-electron chi connectivity index (χ1n) is 6.63. The van der Waals surface area contributed by atoms with E-state index in [2.05, 4.69) is 17.1 Å². The Bertz CT molecular complexity index is 566. The molecule has 0 saturated heterocycles. The van der Waals surface area contributed by atoms with Crippen LogP contribution in [0.4, 0.5) is 5.82 Å². The molecule has 4 nitrogen and oxygen atoms in total. The topological polar surface area (TPSA) is 76.2 Å². The molecule has 1 aliphatic rings. The van der Waals surface area contributed by atoms with Gasteiger partial charge < -0.3 is 10.8 Å². The quantitative estimate of drug-likeness (QED) is 0.899. The van der Waals surface area contributed by atoms with Crippen LogP contribution in [0.5, 0.6) is 0 Å². The number of pyridine rings is 1. The monoisotopic (exact) mass is 270 g/mol. The smallest absolute Gasteiger partial charge is 0.306 e. The van der Waals surface area contributed by atoms with Crippen LogP contribution in [0.2, 0.25) is 0 Å². The maximum absolute atomic E-state index is 9.76. The molecule has 2 aromatic rings. The fourth-order valence-corrected chi connectivity index (χ4v) is 1.75. The van der Waals surface area contributed by atoms with Gasteiger partial charge in [0.15, 0.2) is 0 Å². The van der Waals surface area contributed by atoms with Crippen molar-refractivity contribution in [2.75, 3.05) is 5.73 Å². The van der Waals surface area contributed by atoms with Crippen molar-refractivity contribution in [1.82, 2.24) is 4.98 Å². The lowest BCUT2D eigenvalue weighted by atomic mass is 10.1. The number of rotatable bonds is 3. The Morgan fingerprint density at radius 3 is 2.40 bits per heavy atom. The number of aromatic nitrogens is 1. The highest BCUT2D eigenvalue weighted by Gasteiger charge is 2.28. The van der Waals surface area contributed by atoms with Crippen LogP contribution in [-0.2, 0) is 11.2 Å². The lowest BCUT2D eigenvalue weighted by molar-refractivity contribution is -0.138. The Hall–Kier alpha value is -2.36. The zero-order chi connectivity index (χ0) is 14.4. The number of benzene rings is 1. The average molecular weight is 270 g/mol. The van der Waals surface area contributed by atoms with Crippen LogP contribution in [0, 0.1) is 5.92 Å². The van der Waals surface area contributed by atoms with Gasteiger partial charge in [-0.2, -0.15) is 0 Å². The summed E-state index contributed by atoms with van der Waals surface area (Å²) in [5, 5.41) is 8.05. The van der Waals surface area contributed by atoms with E-state index in [1.807, 2.05) is 30.3 Å². The highest BCUT2D eigenvalue weighted by atomic mass is 16.4. The van der Waals surface area contributed by atoms with Crippen LogP contribution in [0.3, 0.4) is 0 Å². The number of carboxylic acid groups (broad SMARTS) is 1.